The van der Waals surface area contributed by atoms with Gasteiger partial charge in [-0.05, 0) is 60.8 Å². The molecule has 0 atom stereocenters. The van der Waals surface area contributed by atoms with Gasteiger partial charge in [-0.15, -0.1) is 0 Å². The minimum absolute atomic E-state index is 0.159. The lowest BCUT2D eigenvalue weighted by atomic mass is 10.1. The molecule has 8 nitrogen and oxygen atoms in total. The van der Waals surface area contributed by atoms with Crippen molar-refractivity contribution in [1.82, 2.24) is 15.3 Å². The molecule has 2 heterocycles. The molecule has 4 aromatic rings. The first kappa shape index (κ1) is 25.9. The van der Waals surface area contributed by atoms with Gasteiger partial charge in [-0.1, -0.05) is 12.1 Å². The first-order valence-corrected chi connectivity index (χ1v) is 12.0. The number of halogens is 1. The molecule has 2 aromatic carbocycles. The number of nitrogens with one attached hydrogen (secondary N) is 1. The molecule has 0 aliphatic rings. The maximum absolute atomic E-state index is 13.6. The number of hydrogen-bond acceptors (Lipinski definition) is 7. The van der Waals surface area contributed by atoms with Crippen molar-refractivity contribution in [2.24, 2.45) is 0 Å². The number of rotatable bonds is 13. The number of carboxylic acids is 1. The lowest BCUT2D eigenvalue weighted by Gasteiger charge is -2.11. The number of ether oxygens (including phenoxy) is 2. The average molecular weight is 503 g/mol. The Hall–Kier alpha value is -4.13. The van der Waals surface area contributed by atoms with Gasteiger partial charge < -0.3 is 19.9 Å². The molecule has 0 spiro atoms. The number of benzene rings is 2. The summed E-state index contributed by atoms with van der Waals surface area (Å²) in [6, 6.07) is 13.4. The van der Waals surface area contributed by atoms with E-state index >= 15 is 0 Å². The van der Waals surface area contributed by atoms with E-state index in [2.05, 4.69) is 15.3 Å². The summed E-state index contributed by atoms with van der Waals surface area (Å²) in [7, 11) is 0. The fourth-order valence-corrected chi connectivity index (χ4v) is 4.06. The summed E-state index contributed by atoms with van der Waals surface area (Å²) in [6.45, 7) is 2.58. The number of nitrogens with zero attached hydrogens (tertiary/aromatic N) is 3. The molecular formula is C28H27FN4O4. The first-order chi connectivity index (χ1) is 18.0. The summed E-state index contributed by atoms with van der Waals surface area (Å²) in [5.74, 6) is -0.927. The SMILES string of the molecule is N#CCc1cc(F)cc(CNCCCCOCCOc2nc3cc(C(=O)O)ccc3c3cnccc23)c1. The Morgan fingerprint density at radius 3 is 2.73 bits per heavy atom. The molecule has 2 N–H and O–H groups in total. The zero-order valence-electron chi connectivity index (χ0n) is 20.2. The van der Waals surface area contributed by atoms with Crippen LogP contribution in [0.5, 0.6) is 5.88 Å². The molecule has 37 heavy (non-hydrogen) atoms. The van der Waals surface area contributed by atoms with E-state index in [-0.39, 0.29) is 17.8 Å². The van der Waals surface area contributed by atoms with E-state index in [0.29, 0.717) is 43.3 Å². The van der Waals surface area contributed by atoms with E-state index in [9.17, 15) is 14.3 Å². The molecule has 0 bridgehead atoms. The van der Waals surface area contributed by atoms with Gasteiger partial charge in [0, 0.05) is 41.7 Å². The third kappa shape index (κ3) is 6.97. The third-order valence-corrected chi connectivity index (χ3v) is 5.80. The van der Waals surface area contributed by atoms with Crippen LogP contribution in [0.1, 0.15) is 34.3 Å². The van der Waals surface area contributed by atoms with E-state index in [1.807, 2.05) is 18.2 Å². The predicted octanol–water partition coefficient (Wildman–Crippen LogP) is 4.65. The zero-order chi connectivity index (χ0) is 26.0. The molecule has 190 valence electrons. The van der Waals surface area contributed by atoms with Gasteiger partial charge in [0.25, 0.3) is 0 Å². The Kier molecular flexibility index (Phi) is 8.92. The second kappa shape index (κ2) is 12.7. The van der Waals surface area contributed by atoms with Crippen molar-refractivity contribution in [1.29, 1.82) is 5.26 Å². The summed E-state index contributed by atoms with van der Waals surface area (Å²) in [5, 5.41) is 23.8. The number of unbranched alkanes of at least 4 members (excludes halogenated alkanes) is 1. The minimum atomic E-state index is -1.01. The van der Waals surface area contributed by atoms with E-state index in [4.69, 9.17) is 14.7 Å². The zero-order valence-corrected chi connectivity index (χ0v) is 20.2. The van der Waals surface area contributed by atoms with Crippen LogP contribution in [0.3, 0.4) is 0 Å². The number of aromatic nitrogens is 2. The average Bonchev–Trinajstić information content (AvgIpc) is 2.89. The molecule has 2 aromatic heterocycles. The van der Waals surface area contributed by atoms with E-state index in [1.54, 1.807) is 24.5 Å². The summed E-state index contributed by atoms with van der Waals surface area (Å²) < 4.78 is 25.2. The second-order valence-electron chi connectivity index (χ2n) is 8.52. The van der Waals surface area contributed by atoms with Crippen LogP contribution in [-0.4, -0.2) is 47.4 Å². The lowest BCUT2D eigenvalue weighted by molar-refractivity contribution is 0.0697. The van der Waals surface area contributed by atoms with Crippen LogP contribution in [-0.2, 0) is 17.7 Å². The van der Waals surface area contributed by atoms with Crippen LogP contribution in [0.15, 0.2) is 54.9 Å². The Morgan fingerprint density at radius 1 is 1.03 bits per heavy atom. The Bertz CT molecular complexity index is 1440. The monoisotopic (exact) mass is 502 g/mol. The molecule has 0 aliphatic heterocycles. The topological polar surface area (TPSA) is 117 Å². The normalized spacial score (nSPS) is 11.0. The van der Waals surface area contributed by atoms with Gasteiger partial charge in [0.2, 0.25) is 5.88 Å². The molecular weight excluding hydrogens is 475 g/mol. The molecule has 0 fully saturated rings. The number of carbonyl (C=O) groups is 1. The third-order valence-electron chi connectivity index (χ3n) is 5.80. The molecule has 0 amide bonds. The predicted molar refractivity (Wildman–Crippen MR) is 137 cm³/mol. The van der Waals surface area contributed by atoms with Crippen molar-refractivity contribution in [2.75, 3.05) is 26.4 Å². The van der Waals surface area contributed by atoms with Crippen molar-refractivity contribution >= 4 is 27.6 Å². The quantitative estimate of drug-likeness (QED) is 0.200. The van der Waals surface area contributed by atoms with E-state index in [1.165, 1.54) is 18.2 Å². The van der Waals surface area contributed by atoms with Gasteiger partial charge in [0.1, 0.15) is 12.4 Å². The standard InChI is InChI=1S/C28H27FN4O4/c29-22-14-19(5-7-30)13-20(15-22)17-31-8-1-2-10-36-11-12-37-27-24-6-9-32-18-25(24)23-4-3-21(28(34)35)16-26(23)33-27/h3-4,6,9,13-16,18,31H,1-2,5,8,10-12,17H2,(H,34,35). The molecule has 0 radical (unpaired) electrons. The van der Waals surface area contributed by atoms with Gasteiger partial charge in [-0.2, -0.15) is 5.26 Å². The van der Waals surface area contributed by atoms with Crippen molar-refractivity contribution in [3.8, 4) is 11.9 Å². The van der Waals surface area contributed by atoms with E-state index < -0.39 is 5.97 Å². The van der Waals surface area contributed by atoms with Crippen LogP contribution < -0.4 is 10.1 Å². The lowest BCUT2D eigenvalue weighted by Crippen LogP contribution is -2.16. The van der Waals surface area contributed by atoms with Gasteiger partial charge in [0.15, 0.2) is 0 Å². The number of aromatic carboxylic acids is 1. The van der Waals surface area contributed by atoms with Crippen molar-refractivity contribution in [3.05, 3.63) is 77.4 Å². The van der Waals surface area contributed by atoms with Crippen LogP contribution in [0.4, 0.5) is 4.39 Å². The second-order valence-corrected chi connectivity index (χ2v) is 8.52. The number of pyridine rings is 2. The largest absolute Gasteiger partial charge is 0.478 e. The van der Waals surface area contributed by atoms with Crippen LogP contribution in [0, 0.1) is 17.1 Å². The van der Waals surface area contributed by atoms with Crippen LogP contribution in [0.2, 0.25) is 0 Å². The molecule has 0 saturated carbocycles. The smallest absolute Gasteiger partial charge is 0.335 e. The van der Waals surface area contributed by atoms with Crippen molar-refractivity contribution < 1.29 is 23.8 Å². The Morgan fingerprint density at radius 2 is 1.89 bits per heavy atom. The maximum Gasteiger partial charge on any atom is 0.335 e. The fraction of sp³-hybridized carbons (Fsp3) is 0.286. The summed E-state index contributed by atoms with van der Waals surface area (Å²) in [6.07, 6.45) is 5.34. The highest BCUT2D eigenvalue weighted by Crippen LogP contribution is 2.30. The van der Waals surface area contributed by atoms with Gasteiger partial charge in [-0.3, -0.25) is 4.98 Å². The molecule has 0 saturated heterocycles. The van der Waals surface area contributed by atoms with Crippen molar-refractivity contribution in [2.45, 2.75) is 25.8 Å². The number of fused-ring (bicyclic) bond motifs is 3. The molecule has 0 unspecified atom stereocenters. The number of carboxylic acid groups (broad SMARTS) is 1. The van der Waals surface area contributed by atoms with Gasteiger partial charge in [-0.25, -0.2) is 14.2 Å². The highest BCUT2D eigenvalue weighted by atomic mass is 19.1. The summed E-state index contributed by atoms with van der Waals surface area (Å²) in [5.41, 5.74) is 2.20. The minimum Gasteiger partial charge on any atom is -0.478 e. The summed E-state index contributed by atoms with van der Waals surface area (Å²) in [4.78, 5) is 20.1. The Labute approximate surface area is 213 Å². The molecule has 4 rings (SSSR count). The van der Waals surface area contributed by atoms with E-state index in [0.717, 1.165) is 41.1 Å². The highest BCUT2D eigenvalue weighted by molar-refractivity contribution is 6.08. The Balaban J connectivity index is 1.20. The van der Waals surface area contributed by atoms with Crippen molar-refractivity contribution in [3.63, 3.8) is 0 Å². The molecule has 0 aliphatic carbocycles. The number of hydrogen-bond donors (Lipinski definition) is 2. The van der Waals surface area contributed by atoms with Crippen LogP contribution >= 0.6 is 0 Å². The van der Waals surface area contributed by atoms with Crippen LogP contribution in [0.25, 0.3) is 21.7 Å². The van der Waals surface area contributed by atoms with Gasteiger partial charge in [0.05, 0.1) is 30.2 Å². The van der Waals surface area contributed by atoms with Gasteiger partial charge >= 0.3 is 5.97 Å². The fourth-order valence-electron chi connectivity index (χ4n) is 4.06. The number of nitriles is 1. The molecule has 9 heteroatoms. The maximum atomic E-state index is 13.6. The highest BCUT2D eigenvalue weighted by Gasteiger charge is 2.12. The first-order valence-electron chi connectivity index (χ1n) is 12.0. The summed E-state index contributed by atoms with van der Waals surface area (Å²) >= 11 is 0.